The second-order valence-electron chi connectivity index (χ2n) is 8.04. The number of nitrogens with zero attached hydrogens (tertiary/aromatic N) is 2. The van der Waals surface area contributed by atoms with Crippen molar-refractivity contribution >= 4 is 45.0 Å². The SMILES string of the molecule is O=C1CCC(=O)N(c2ccc(C(=O)Nc3cccc(S(=O)(=O)NC4=NCCCCC4)c3)cc2)N1. The minimum absolute atomic E-state index is 0.0203. The first-order valence-electron chi connectivity index (χ1n) is 11.0. The third-order valence-corrected chi connectivity index (χ3v) is 6.85. The van der Waals surface area contributed by atoms with Crippen LogP contribution in [0, 0.1) is 0 Å². The highest BCUT2D eigenvalue weighted by molar-refractivity contribution is 7.90. The van der Waals surface area contributed by atoms with Crippen LogP contribution >= 0.6 is 0 Å². The van der Waals surface area contributed by atoms with Gasteiger partial charge >= 0.3 is 0 Å². The van der Waals surface area contributed by atoms with Crippen LogP contribution < -0.4 is 20.5 Å². The highest BCUT2D eigenvalue weighted by atomic mass is 32.2. The van der Waals surface area contributed by atoms with Crippen LogP contribution in [-0.2, 0) is 19.6 Å². The molecule has 2 aromatic carbocycles. The molecule has 4 rings (SSSR count). The van der Waals surface area contributed by atoms with Crippen LogP contribution in [-0.4, -0.2) is 38.5 Å². The summed E-state index contributed by atoms with van der Waals surface area (Å²) >= 11 is 0. The molecule has 0 spiro atoms. The monoisotopic (exact) mass is 483 g/mol. The maximum absolute atomic E-state index is 12.8. The number of rotatable bonds is 5. The van der Waals surface area contributed by atoms with Crippen molar-refractivity contribution in [2.45, 2.75) is 43.4 Å². The van der Waals surface area contributed by atoms with Gasteiger partial charge in [-0.15, -0.1) is 0 Å². The molecule has 2 aromatic rings. The van der Waals surface area contributed by atoms with E-state index in [4.69, 9.17) is 0 Å². The lowest BCUT2D eigenvalue weighted by Crippen LogP contribution is -2.50. The van der Waals surface area contributed by atoms with Gasteiger partial charge in [-0.05, 0) is 55.3 Å². The number of carbonyl (C=O) groups excluding carboxylic acids is 3. The van der Waals surface area contributed by atoms with Crippen LogP contribution in [0.4, 0.5) is 11.4 Å². The van der Waals surface area contributed by atoms with Crippen LogP contribution in [0.3, 0.4) is 0 Å². The Balaban J connectivity index is 1.44. The fourth-order valence-electron chi connectivity index (χ4n) is 3.66. The van der Waals surface area contributed by atoms with Crippen molar-refractivity contribution in [3.8, 4) is 0 Å². The topological polar surface area (TPSA) is 137 Å². The standard InChI is InChI=1S/C23H25N5O5S/c29-21-12-13-22(30)28(26-21)18-10-8-16(9-11-18)23(31)25-17-5-4-6-19(15-17)34(32,33)27-20-7-2-1-3-14-24-20/h4-6,8-11,15H,1-3,7,12-14H2,(H,24,27)(H,25,31)(H,26,29). The van der Waals surface area contributed by atoms with Crippen molar-refractivity contribution in [2.75, 3.05) is 16.9 Å². The third-order valence-electron chi connectivity index (χ3n) is 5.47. The number of carbonyl (C=O) groups is 3. The van der Waals surface area contributed by atoms with Gasteiger partial charge < -0.3 is 5.32 Å². The molecule has 3 N–H and O–H groups in total. The van der Waals surface area contributed by atoms with Crippen molar-refractivity contribution in [1.29, 1.82) is 0 Å². The zero-order valence-corrected chi connectivity index (χ0v) is 19.2. The molecule has 11 heteroatoms. The Labute approximate surface area is 197 Å². The number of hydrogen-bond donors (Lipinski definition) is 3. The van der Waals surface area contributed by atoms with E-state index in [1.807, 2.05) is 0 Å². The summed E-state index contributed by atoms with van der Waals surface area (Å²) in [6.07, 6.45) is 3.69. The Morgan fingerprint density at radius 3 is 2.56 bits per heavy atom. The van der Waals surface area contributed by atoms with Gasteiger partial charge in [-0.1, -0.05) is 12.5 Å². The predicted octanol–water partition coefficient (Wildman–Crippen LogP) is 2.35. The fourth-order valence-corrected chi connectivity index (χ4v) is 4.80. The maximum Gasteiger partial charge on any atom is 0.262 e. The quantitative estimate of drug-likeness (QED) is 0.600. The minimum Gasteiger partial charge on any atom is -0.322 e. The number of benzene rings is 2. The summed E-state index contributed by atoms with van der Waals surface area (Å²) in [5.74, 6) is -0.485. The van der Waals surface area contributed by atoms with E-state index >= 15 is 0 Å². The zero-order valence-electron chi connectivity index (χ0n) is 18.4. The molecule has 10 nitrogen and oxygen atoms in total. The Kier molecular flexibility index (Phi) is 6.92. The summed E-state index contributed by atoms with van der Waals surface area (Å²) < 4.78 is 28.1. The summed E-state index contributed by atoms with van der Waals surface area (Å²) in [4.78, 5) is 40.6. The van der Waals surface area contributed by atoms with Crippen molar-refractivity contribution < 1.29 is 22.8 Å². The molecular formula is C23H25N5O5S. The molecule has 0 atom stereocenters. The van der Waals surface area contributed by atoms with Crippen molar-refractivity contribution in [2.24, 2.45) is 4.99 Å². The van der Waals surface area contributed by atoms with Crippen LogP contribution in [0.1, 0.15) is 48.9 Å². The number of aliphatic imine (C=N–C) groups is 1. The molecule has 0 aromatic heterocycles. The number of anilines is 2. The zero-order chi connectivity index (χ0) is 24.1. The van der Waals surface area contributed by atoms with E-state index in [0.29, 0.717) is 35.7 Å². The van der Waals surface area contributed by atoms with Crippen LogP contribution in [0.15, 0.2) is 58.4 Å². The van der Waals surface area contributed by atoms with Gasteiger partial charge in [0.25, 0.3) is 15.9 Å². The summed E-state index contributed by atoms with van der Waals surface area (Å²) in [6, 6.07) is 12.1. The summed E-state index contributed by atoms with van der Waals surface area (Å²) in [7, 11) is -3.83. The second-order valence-corrected chi connectivity index (χ2v) is 9.72. The van der Waals surface area contributed by atoms with E-state index < -0.39 is 15.9 Å². The normalized spacial score (nSPS) is 16.8. The van der Waals surface area contributed by atoms with Crippen molar-refractivity contribution in [3.63, 3.8) is 0 Å². The van der Waals surface area contributed by atoms with E-state index in [-0.39, 0.29) is 29.6 Å². The number of amidine groups is 1. The molecule has 178 valence electrons. The molecule has 0 saturated carbocycles. The molecule has 0 aliphatic carbocycles. The molecule has 0 unspecified atom stereocenters. The van der Waals surface area contributed by atoms with E-state index in [0.717, 1.165) is 24.3 Å². The average molecular weight is 484 g/mol. The van der Waals surface area contributed by atoms with Gasteiger partial charge in [0.2, 0.25) is 11.8 Å². The summed E-state index contributed by atoms with van der Waals surface area (Å²) in [5, 5.41) is 3.85. The van der Waals surface area contributed by atoms with Gasteiger partial charge in [0.1, 0.15) is 5.84 Å². The number of sulfonamides is 1. The predicted molar refractivity (Wildman–Crippen MR) is 127 cm³/mol. The third kappa shape index (κ3) is 5.60. The van der Waals surface area contributed by atoms with E-state index in [2.05, 4.69) is 20.5 Å². The average Bonchev–Trinajstić information content (AvgIpc) is 3.09. The first-order valence-corrected chi connectivity index (χ1v) is 12.5. The van der Waals surface area contributed by atoms with Crippen LogP contribution in [0.5, 0.6) is 0 Å². The van der Waals surface area contributed by atoms with Gasteiger partial charge in [-0.25, -0.2) is 13.4 Å². The molecule has 1 fully saturated rings. The van der Waals surface area contributed by atoms with Crippen molar-refractivity contribution in [3.05, 3.63) is 54.1 Å². The highest BCUT2D eigenvalue weighted by Crippen LogP contribution is 2.20. The summed E-state index contributed by atoms with van der Waals surface area (Å²) in [6.45, 7) is 0.602. The molecule has 0 radical (unpaired) electrons. The molecular weight excluding hydrogens is 458 g/mol. The lowest BCUT2D eigenvalue weighted by molar-refractivity contribution is -0.130. The maximum atomic E-state index is 12.8. The van der Waals surface area contributed by atoms with Gasteiger partial charge in [-0.2, -0.15) is 0 Å². The molecule has 3 amide bonds. The molecule has 2 heterocycles. The molecule has 34 heavy (non-hydrogen) atoms. The smallest absolute Gasteiger partial charge is 0.262 e. The Morgan fingerprint density at radius 1 is 0.971 bits per heavy atom. The summed E-state index contributed by atoms with van der Waals surface area (Å²) in [5.41, 5.74) is 3.56. The van der Waals surface area contributed by atoms with Crippen LogP contribution in [0.25, 0.3) is 0 Å². The molecule has 2 aliphatic rings. The van der Waals surface area contributed by atoms with Gasteiger partial charge in [-0.3, -0.25) is 29.5 Å². The molecule has 0 bridgehead atoms. The first kappa shape index (κ1) is 23.4. The van der Waals surface area contributed by atoms with Crippen molar-refractivity contribution in [1.82, 2.24) is 10.1 Å². The lowest BCUT2D eigenvalue weighted by atomic mass is 10.1. The molecule has 1 saturated heterocycles. The van der Waals surface area contributed by atoms with Crippen LogP contribution in [0.2, 0.25) is 0 Å². The lowest BCUT2D eigenvalue weighted by Gasteiger charge is -2.27. The number of amides is 3. The largest absolute Gasteiger partial charge is 0.322 e. The molecule has 2 aliphatic heterocycles. The van der Waals surface area contributed by atoms with E-state index in [9.17, 15) is 22.8 Å². The second kappa shape index (κ2) is 10.0. The van der Waals surface area contributed by atoms with E-state index in [1.54, 1.807) is 24.3 Å². The Hall–Kier alpha value is -3.73. The highest BCUT2D eigenvalue weighted by Gasteiger charge is 2.24. The van der Waals surface area contributed by atoms with Gasteiger partial charge in [0, 0.05) is 37.1 Å². The Morgan fingerprint density at radius 2 is 1.76 bits per heavy atom. The fraction of sp³-hybridized carbons (Fsp3) is 0.304. The van der Waals surface area contributed by atoms with Gasteiger partial charge in [0.15, 0.2) is 0 Å². The first-order chi connectivity index (χ1) is 16.3. The number of hydrazine groups is 1. The number of hydrogen-bond acceptors (Lipinski definition) is 6. The number of nitrogens with one attached hydrogen (secondary N) is 3. The Bertz CT molecular complexity index is 1240. The minimum atomic E-state index is -3.83. The van der Waals surface area contributed by atoms with E-state index in [1.165, 1.54) is 24.3 Å². The van der Waals surface area contributed by atoms with Gasteiger partial charge in [0.05, 0.1) is 10.6 Å².